The number of hydrogen-bond acceptors (Lipinski definition) is 0. The Hall–Kier alpha value is -7.94. The molecule has 0 saturated carbocycles. The van der Waals surface area contributed by atoms with Crippen LogP contribution in [0.4, 0.5) is 22.0 Å². The first-order chi connectivity index (χ1) is 40.2. The van der Waals surface area contributed by atoms with Gasteiger partial charge in [-0.2, -0.15) is 0 Å². The molecule has 6 nitrogen and oxygen atoms in total. The highest BCUT2D eigenvalue weighted by Crippen LogP contribution is 2.31. The van der Waals surface area contributed by atoms with Crippen molar-refractivity contribution in [1.29, 1.82) is 0 Å². The monoisotopic (exact) mass is 1160 g/mol. The van der Waals surface area contributed by atoms with E-state index < -0.39 is 0 Å². The highest BCUT2D eigenvalue weighted by molar-refractivity contribution is 6.31. The normalized spacial score (nSPS) is 11.5. The van der Waals surface area contributed by atoms with Crippen molar-refractivity contribution in [2.75, 3.05) is 0 Å². The Morgan fingerprint density at radius 1 is 0.488 bits per heavy atom. The maximum Gasteiger partial charge on any atom is 0.124 e. The number of fused-ring (bicyclic) bond motifs is 6. The SMILES string of the molecule is CC#Cc1c[nH]c2ccc(F)cc12.CC(C)(C)Cc1c[nH]c2ccc(F)cc12.CC(C)Cc1c[nH]c2ccc(F)cc12.CCC(C)c1c[nH]c2ccc(F)cc12.CCCCc1c[nH]c2ccc(F)cc12.CCCc1c[nH]c2c(C)cc(Cl)cc12. The van der Waals surface area contributed by atoms with Crippen LogP contribution < -0.4 is 0 Å². The number of H-pyrrole nitrogens is 6. The summed E-state index contributed by atoms with van der Waals surface area (Å²) in [6, 6.07) is 28.2. The molecule has 6 aromatic heterocycles. The second-order valence-corrected chi connectivity index (χ2v) is 23.6. The molecular weight excluding hydrogens is 1080 g/mol. The summed E-state index contributed by atoms with van der Waals surface area (Å²) in [6.45, 7) is 23.4. The lowest BCUT2D eigenvalue weighted by molar-refractivity contribution is 0.412. The maximum absolute atomic E-state index is 13.1. The summed E-state index contributed by atoms with van der Waals surface area (Å²) in [5, 5.41) is 7.00. The van der Waals surface area contributed by atoms with Gasteiger partial charge in [0.2, 0.25) is 0 Å². The Balaban J connectivity index is 0.000000145. The fraction of sp³-hybridized carbons (Fsp3) is 0.306. The van der Waals surface area contributed by atoms with Gasteiger partial charge in [0.05, 0.1) is 0 Å². The second-order valence-electron chi connectivity index (χ2n) is 23.2. The number of aromatic nitrogens is 6. The number of hydrogen-bond donors (Lipinski definition) is 6. The zero-order chi connectivity index (χ0) is 60.7. The van der Waals surface area contributed by atoms with Gasteiger partial charge >= 0.3 is 0 Å². The molecule has 0 aliphatic rings. The van der Waals surface area contributed by atoms with Crippen LogP contribution >= 0.6 is 11.6 Å². The zero-order valence-corrected chi connectivity index (χ0v) is 51.1. The number of unbranched alkanes of at least 4 members (excludes halogenated alkanes) is 1. The minimum Gasteiger partial charge on any atom is -0.361 e. The number of rotatable bonds is 10. The maximum atomic E-state index is 13.1. The van der Waals surface area contributed by atoms with Crippen LogP contribution in [0.25, 0.3) is 65.4 Å². The predicted molar refractivity (Wildman–Crippen MR) is 345 cm³/mol. The molecule has 6 heterocycles. The second kappa shape index (κ2) is 29.5. The molecule has 0 spiro atoms. The van der Waals surface area contributed by atoms with E-state index in [2.05, 4.69) is 117 Å². The molecule has 12 aromatic rings. The summed E-state index contributed by atoms with van der Waals surface area (Å²) in [6.07, 6.45) is 20.5. The Bertz CT molecular complexity index is 4130. The van der Waals surface area contributed by atoms with Gasteiger partial charge < -0.3 is 29.9 Å². The smallest absolute Gasteiger partial charge is 0.124 e. The summed E-state index contributed by atoms with van der Waals surface area (Å²) < 4.78 is 65.1. The van der Waals surface area contributed by atoms with E-state index in [1.165, 1.54) is 93.5 Å². The predicted octanol–water partition coefficient (Wildman–Crippen LogP) is 21.6. The number of halogens is 6. The summed E-state index contributed by atoms with van der Waals surface area (Å²) in [4.78, 5) is 19.0. The molecule has 0 radical (unpaired) electrons. The van der Waals surface area contributed by atoms with Crippen LogP contribution in [-0.2, 0) is 25.7 Å². The van der Waals surface area contributed by atoms with Crippen molar-refractivity contribution in [3.05, 3.63) is 213 Å². The van der Waals surface area contributed by atoms with Gasteiger partial charge in [0.1, 0.15) is 29.1 Å². The topological polar surface area (TPSA) is 94.7 Å². The van der Waals surface area contributed by atoms with Crippen molar-refractivity contribution < 1.29 is 22.0 Å². The van der Waals surface area contributed by atoms with Crippen molar-refractivity contribution in [2.45, 2.75) is 133 Å². The molecule has 1 unspecified atom stereocenters. The van der Waals surface area contributed by atoms with E-state index in [-0.39, 0.29) is 34.5 Å². The van der Waals surface area contributed by atoms with Crippen molar-refractivity contribution >= 4 is 77.0 Å². The van der Waals surface area contributed by atoms with Crippen LogP contribution in [0.1, 0.15) is 140 Å². The minimum absolute atomic E-state index is 0.158. The molecule has 0 bridgehead atoms. The van der Waals surface area contributed by atoms with Crippen LogP contribution in [-0.4, -0.2) is 29.9 Å². The molecule has 0 amide bonds. The Morgan fingerprint density at radius 3 is 1.44 bits per heavy atom. The van der Waals surface area contributed by atoms with Crippen LogP contribution in [0.3, 0.4) is 0 Å². The number of aryl methyl sites for hydroxylation is 3. The van der Waals surface area contributed by atoms with Gasteiger partial charge in [-0.3, -0.25) is 0 Å². The van der Waals surface area contributed by atoms with Crippen molar-refractivity contribution in [3.63, 3.8) is 0 Å². The molecule has 0 aliphatic heterocycles. The van der Waals surface area contributed by atoms with E-state index in [9.17, 15) is 22.0 Å². The third-order valence-electron chi connectivity index (χ3n) is 14.6. The fourth-order valence-corrected chi connectivity index (χ4v) is 10.6. The van der Waals surface area contributed by atoms with Gasteiger partial charge in [-0.05, 0) is 206 Å². The molecular formula is C72H80ClF5N6. The Morgan fingerprint density at radius 2 is 0.929 bits per heavy atom. The number of nitrogens with one attached hydrogen (secondary N) is 6. The largest absolute Gasteiger partial charge is 0.361 e. The van der Waals surface area contributed by atoms with Gasteiger partial charge in [-0.15, -0.1) is 5.92 Å². The molecule has 0 aliphatic carbocycles. The van der Waals surface area contributed by atoms with E-state index in [0.29, 0.717) is 11.8 Å². The van der Waals surface area contributed by atoms with Crippen LogP contribution in [0.5, 0.6) is 0 Å². The molecule has 12 heteroatoms. The molecule has 0 fully saturated rings. The lowest BCUT2D eigenvalue weighted by Crippen LogP contribution is -2.08. The molecule has 84 heavy (non-hydrogen) atoms. The van der Waals surface area contributed by atoms with Crippen LogP contribution in [0, 0.1) is 59.2 Å². The van der Waals surface area contributed by atoms with Crippen LogP contribution in [0.15, 0.2) is 140 Å². The molecule has 6 aromatic carbocycles. The van der Waals surface area contributed by atoms with Crippen molar-refractivity contribution in [1.82, 2.24) is 29.9 Å². The highest BCUT2D eigenvalue weighted by Gasteiger charge is 2.15. The summed E-state index contributed by atoms with van der Waals surface area (Å²) in [7, 11) is 0. The highest BCUT2D eigenvalue weighted by atomic mass is 35.5. The van der Waals surface area contributed by atoms with Gasteiger partial charge in [0.15, 0.2) is 0 Å². The first kappa shape index (κ1) is 63.6. The summed E-state index contributed by atoms with van der Waals surface area (Å²) in [5.74, 6) is 5.88. The Labute approximate surface area is 496 Å². The van der Waals surface area contributed by atoms with Gasteiger partial charge in [0.25, 0.3) is 0 Å². The molecule has 0 saturated heterocycles. The third-order valence-corrected chi connectivity index (χ3v) is 14.8. The standard InChI is InChI=1S/C13H16FN.C12H14ClN.3C12H14FN.C11H8FN/c1-13(2,3)7-9-8-15-12-5-4-10(14)6-11(9)12;1-3-4-9-7-14-12-8(2)5-10(13)6-11(9)12;1-8(2)5-9-7-14-12-4-3-10(13)6-11(9)12;1-3-8(2)11-7-14-12-5-4-9(13)6-10(11)12;1-2-3-4-9-8-14-12-6-5-10(13)7-11(9)12;1-2-3-8-7-13-11-5-4-9(12)6-10(8)11/h4-6,8,15H,7H2,1-3H3;5-7,14H,3-4H2,1-2H3;3-4,6-8,14H,5H2,1-2H3;4-8,14H,3H2,1-2H3;5-8,14H,2-4H2,1H3;4-7,13H,1H3. The lowest BCUT2D eigenvalue weighted by Gasteiger charge is -2.17. The number of aromatic amines is 6. The number of benzene rings is 6. The molecule has 440 valence electrons. The van der Waals surface area contributed by atoms with Gasteiger partial charge in [-0.1, -0.05) is 92.7 Å². The average Bonchev–Trinajstić information content (AvgIpc) is 4.55. The minimum atomic E-state index is -0.230. The molecule has 6 N–H and O–H groups in total. The van der Waals surface area contributed by atoms with E-state index in [1.54, 1.807) is 67.7 Å². The van der Waals surface area contributed by atoms with Crippen molar-refractivity contribution in [2.24, 2.45) is 11.3 Å². The molecule has 12 rings (SSSR count). The van der Waals surface area contributed by atoms with E-state index in [1.807, 2.05) is 36.9 Å². The first-order valence-electron chi connectivity index (χ1n) is 29.2. The van der Waals surface area contributed by atoms with E-state index >= 15 is 0 Å². The van der Waals surface area contributed by atoms with E-state index in [4.69, 9.17) is 11.6 Å². The fourth-order valence-electron chi connectivity index (χ4n) is 10.3. The summed E-state index contributed by atoms with van der Waals surface area (Å²) >= 11 is 6.04. The van der Waals surface area contributed by atoms with Crippen LogP contribution in [0.2, 0.25) is 5.02 Å². The first-order valence-corrected chi connectivity index (χ1v) is 29.5. The van der Waals surface area contributed by atoms with Crippen molar-refractivity contribution in [3.8, 4) is 11.8 Å². The van der Waals surface area contributed by atoms with Gasteiger partial charge in [-0.25, -0.2) is 22.0 Å². The van der Waals surface area contributed by atoms with Gasteiger partial charge in [0, 0.05) is 113 Å². The third kappa shape index (κ3) is 17.1. The average molecular weight is 1160 g/mol. The quantitative estimate of drug-likeness (QED) is 0.0582. The summed E-state index contributed by atoms with van der Waals surface area (Å²) in [5.41, 5.74) is 14.7. The lowest BCUT2D eigenvalue weighted by atomic mass is 9.88. The zero-order valence-electron chi connectivity index (χ0n) is 50.4. The molecule has 1 atom stereocenters. The van der Waals surface area contributed by atoms with E-state index in [0.717, 1.165) is 104 Å². The Kier molecular flexibility index (Phi) is 22.4.